The largest absolute Gasteiger partial charge is 0.495 e. The number of benzene rings is 3. The van der Waals surface area contributed by atoms with Gasteiger partial charge in [0.05, 0.1) is 31.9 Å². The molecule has 14 heteroatoms. The molecule has 11 nitrogen and oxygen atoms in total. The summed E-state index contributed by atoms with van der Waals surface area (Å²) in [5, 5.41) is 2.58. The zero-order valence-corrected chi connectivity index (χ0v) is 25.0. The Hall–Kier alpha value is -3.88. The Morgan fingerprint density at radius 1 is 0.833 bits per heavy atom. The summed E-state index contributed by atoms with van der Waals surface area (Å²) in [6.07, 6.45) is 2.42. The first-order chi connectivity index (χ1) is 20.0. The summed E-state index contributed by atoms with van der Waals surface area (Å²) >= 11 is 0. The van der Waals surface area contributed by atoms with Crippen molar-refractivity contribution in [3.8, 4) is 17.2 Å². The number of carbonyl (C=O) groups is 1. The van der Waals surface area contributed by atoms with E-state index in [1.54, 1.807) is 0 Å². The molecule has 1 N–H and O–H groups in total. The molecule has 1 saturated heterocycles. The van der Waals surface area contributed by atoms with E-state index < -0.39 is 38.3 Å². The summed E-state index contributed by atoms with van der Waals surface area (Å²) in [6, 6.07) is 12.7. The lowest BCUT2D eigenvalue weighted by Crippen LogP contribution is -2.38. The van der Waals surface area contributed by atoms with E-state index in [0.29, 0.717) is 18.8 Å². The van der Waals surface area contributed by atoms with Crippen molar-refractivity contribution in [2.75, 3.05) is 50.6 Å². The maximum absolute atomic E-state index is 13.8. The number of rotatable bonds is 11. The van der Waals surface area contributed by atoms with Crippen molar-refractivity contribution in [1.29, 1.82) is 0 Å². The molecule has 0 aliphatic carbocycles. The van der Waals surface area contributed by atoms with Gasteiger partial charge in [-0.2, -0.15) is 4.31 Å². The van der Waals surface area contributed by atoms with Gasteiger partial charge in [0.2, 0.25) is 15.9 Å². The van der Waals surface area contributed by atoms with Crippen molar-refractivity contribution in [2.45, 2.75) is 29.1 Å². The summed E-state index contributed by atoms with van der Waals surface area (Å²) in [4.78, 5) is 12.9. The molecule has 1 heterocycles. The fraction of sp³-hybridized carbons (Fsp3) is 0.321. The van der Waals surface area contributed by atoms with Gasteiger partial charge >= 0.3 is 0 Å². The summed E-state index contributed by atoms with van der Waals surface area (Å²) in [7, 11) is -4.18. The quantitative estimate of drug-likeness (QED) is 0.342. The van der Waals surface area contributed by atoms with Gasteiger partial charge in [-0.25, -0.2) is 21.2 Å². The minimum Gasteiger partial charge on any atom is -0.495 e. The van der Waals surface area contributed by atoms with Crippen molar-refractivity contribution in [1.82, 2.24) is 4.31 Å². The van der Waals surface area contributed by atoms with Gasteiger partial charge < -0.3 is 19.5 Å². The Morgan fingerprint density at radius 2 is 1.45 bits per heavy atom. The lowest BCUT2D eigenvalue weighted by Gasteiger charge is -2.27. The van der Waals surface area contributed by atoms with Crippen LogP contribution in [0.1, 0.15) is 19.3 Å². The summed E-state index contributed by atoms with van der Waals surface area (Å²) in [5.74, 6) is -0.787. The Kier molecular flexibility index (Phi) is 9.59. The second-order valence-electron chi connectivity index (χ2n) is 9.38. The van der Waals surface area contributed by atoms with Gasteiger partial charge in [-0.1, -0.05) is 6.42 Å². The van der Waals surface area contributed by atoms with E-state index in [1.165, 1.54) is 74.2 Å². The molecule has 3 aromatic carbocycles. The average molecular weight is 622 g/mol. The SMILES string of the molecule is COc1ccc(S(=O)(=O)N(CC(=O)Nc2ccc(OC)c(S(=O)(=O)N3CCCCC3)c2)c2ccc(F)cc2)cc1OC. The van der Waals surface area contributed by atoms with Crippen LogP contribution in [0.25, 0.3) is 0 Å². The number of anilines is 2. The molecular weight excluding hydrogens is 589 g/mol. The predicted molar refractivity (Wildman–Crippen MR) is 155 cm³/mol. The highest BCUT2D eigenvalue weighted by atomic mass is 32.2. The van der Waals surface area contributed by atoms with Crippen molar-refractivity contribution in [2.24, 2.45) is 0 Å². The molecular formula is C28H32FN3O8S2. The number of piperidine rings is 1. The Balaban J connectivity index is 1.66. The first-order valence-electron chi connectivity index (χ1n) is 13.0. The fourth-order valence-electron chi connectivity index (χ4n) is 4.56. The van der Waals surface area contributed by atoms with Crippen molar-refractivity contribution in [3.05, 3.63) is 66.5 Å². The van der Waals surface area contributed by atoms with E-state index in [1.807, 2.05) is 0 Å². The van der Waals surface area contributed by atoms with Crippen LogP contribution in [-0.2, 0) is 24.8 Å². The zero-order chi connectivity index (χ0) is 30.5. The topological polar surface area (TPSA) is 132 Å². The van der Waals surface area contributed by atoms with E-state index in [4.69, 9.17) is 14.2 Å². The second-order valence-corrected chi connectivity index (χ2v) is 13.2. The van der Waals surface area contributed by atoms with Crippen LogP contribution in [-0.4, -0.2) is 68.0 Å². The van der Waals surface area contributed by atoms with Gasteiger partial charge in [-0.3, -0.25) is 9.10 Å². The van der Waals surface area contributed by atoms with Crippen LogP contribution in [0.4, 0.5) is 15.8 Å². The molecule has 0 bridgehead atoms. The number of nitrogens with one attached hydrogen (secondary N) is 1. The summed E-state index contributed by atoms with van der Waals surface area (Å²) in [5.41, 5.74) is 0.156. The van der Waals surface area contributed by atoms with Crippen molar-refractivity contribution < 1.29 is 40.2 Å². The predicted octanol–water partition coefficient (Wildman–Crippen LogP) is 3.86. The third-order valence-corrected chi connectivity index (χ3v) is 10.4. The molecule has 42 heavy (non-hydrogen) atoms. The number of nitrogens with zero attached hydrogens (tertiary/aromatic N) is 2. The Bertz CT molecular complexity index is 1640. The maximum atomic E-state index is 13.8. The second kappa shape index (κ2) is 13.0. The fourth-order valence-corrected chi connectivity index (χ4v) is 7.69. The molecule has 1 fully saturated rings. The van der Waals surface area contributed by atoms with Crippen molar-refractivity contribution in [3.63, 3.8) is 0 Å². The number of methoxy groups -OCH3 is 3. The van der Waals surface area contributed by atoms with Crippen LogP contribution in [0.2, 0.25) is 0 Å². The minimum atomic E-state index is -4.38. The molecule has 1 aliphatic rings. The van der Waals surface area contributed by atoms with Crippen LogP contribution in [0.15, 0.2) is 70.5 Å². The van der Waals surface area contributed by atoms with Crippen LogP contribution in [0.5, 0.6) is 17.2 Å². The van der Waals surface area contributed by atoms with Crippen molar-refractivity contribution >= 4 is 37.3 Å². The number of hydrogen-bond acceptors (Lipinski definition) is 8. The normalized spacial score (nSPS) is 14.2. The molecule has 0 saturated carbocycles. The zero-order valence-electron chi connectivity index (χ0n) is 23.4. The van der Waals surface area contributed by atoms with Crippen LogP contribution in [0.3, 0.4) is 0 Å². The van der Waals surface area contributed by atoms with Gasteiger partial charge in [0, 0.05) is 24.8 Å². The monoisotopic (exact) mass is 621 g/mol. The number of hydrogen-bond donors (Lipinski definition) is 1. The Morgan fingerprint density at radius 3 is 2.07 bits per heavy atom. The highest BCUT2D eigenvalue weighted by molar-refractivity contribution is 7.92. The smallest absolute Gasteiger partial charge is 0.264 e. The minimum absolute atomic E-state index is 0.0319. The average Bonchev–Trinajstić information content (AvgIpc) is 3.00. The molecule has 0 spiro atoms. The molecule has 0 aromatic heterocycles. The van der Waals surface area contributed by atoms with Gasteiger partial charge in [-0.05, 0) is 67.4 Å². The van der Waals surface area contributed by atoms with Gasteiger partial charge in [0.25, 0.3) is 10.0 Å². The summed E-state index contributed by atoms with van der Waals surface area (Å²) < 4.78 is 85.9. The van der Waals surface area contributed by atoms with Crippen LogP contribution >= 0.6 is 0 Å². The molecule has 226 valence electrons. The number of carbonyl (C=O) groups excluding carboxylic acids is 1. The highest BCUT2D eigenvalue weighted by Gasteiger charge is 2.31. The third-order valence-electron chi connectivity index (χ3n) is 6.73. The number of sulfonamides is 2. The van der Waals surface area contributed by atoms with E-state index >= 15 is 0 Å². The summed E-state index contributed by atoms with van der Waals surface area (Å²) in [6.45, 7) is 0.0496. The van der Waals surface area contributed by atoms with Gasteiger partial charge in [0.15, 0.2) is 11.5 Å². The van der Waals surface area contributed by atoms with E-state index in [2.05, 4.69) is 5.32 Å². The van der Waals surface area contributed by atoms with Crippen LogP contribution < -0.4 is 23.8 Å². The number of amides is 1. The Labute approximate surface area is 244 Å². The lowest BCUT2D eigenvalue weighted by atomic mass is 10.2. The van der Waals surface area contributed by atoms with Gasteiger partial charge in [-0.15, -0.1) is 0 Å². The number of halogens is 1. The van der Waals surface area contributed by atoms with E-state index in [0.717, 1.165) is 35.7 Å². The first kappa shape index (κ1) is 31.1. The highest BCUT2D eigenvalue weighted by Crippen LogP contribution is 2.33. The van der Waals surface area contributed by atoms with Gasteiger partial charge in [0.1, 0.15) is 23.0 Å². The van der Waals surface area contributed by atoms with E-state index in [-0.39, 0.29) is 32.7 Å². The molecule has 0 radical (unpaired) electrons. The molecule has 0 atom stereocenters. The third kappa shape index (κ3) is 6.61. The number of ether oxygens (including phenoxy) is 3. The maximum Gasteiger partial charge on any atom is 0.264 e. The first-order valence-corrected chi connectivity index (χ1v) is 15.9. The van der Waals surface area contributed by atoms with E-state index in [9.17, 15) is 26.0 Å². The molecule has 1 aliphatic heterocycles. The lowest BCUT2D eigenvalue weighted by molar-refractivity contribution is -0.114. The van der Waals surface area contributed by atoms with Crippen LogP contribution in [0, 0.1) is 5.82 Å². The molecule has 0 unspecified atom stereocenters. The molecule has 4 rings (SSSR count). The standard InChI is InChI=1S/C28H32FN3O8S2/c1-38-24-14-12-23(18-26(24)40-3)41(34,35)32(22-10-7-20(29)8-11-22)19-28(33)30-21-9-13-25(39-2)27(17-21)42(36,37)31-15-5-4-6-16-31/h7-14,17-18H,4-6,15-16,19H2,1-3H3,(H,30,33). The molecule has 1 amide bonds. The molecule has 3 aromatic rings.